The third kappa shape index (κ3) is 9.31. The van der Waals surface area contributed by atoms with Crippen molar-refractivity contribution in [3.8, 4) is 11.5 Å². The van der Waals surface area contributed by atoms with Crippen LogP contribution in [0.5, 0.6) is 11.5 Å². The Bertz CT molecular complexity index is 1290. The summed E-state index contributed by atoms with van der Waals surface area (Å²) >= 11 is 6.01. The number of aromatic amines is 1. The molecule has 0 unspecified atom stereocenters. The maximum absolute atomic E-state index is 12.8. The van der Waals surface area contributed by atoms with Crippen molar-refractivity contribution in [1.82, 2.24) is 20.0 Å². The Morgan fingerprint density at radius 1 is 1.08 bits per heavy atom. The van der Waals surface area contributed by atoms with Crippen LogP contribution in [0.4, 0.5) is 5.69 Å². The lowest BCUT2D eigenvalue weighted by atomic mass is 10.2. The molecule has 2 heterocycles. The Kier molecular flexibility index (Phi) is 11.1. The molecule has 1 aliphatic heterocycles. The number of H-pyrrole nitrogens is 1. The van der Waals surface area contributed by atoms with E-state index >= 15 is 0 Å². The first-order chi connectivity index (χ1) is 18.8. The zero-order chi connectivity index (χ0) is 28.2. The van der Waals surface area contributed by atoms with Crippen molar-refractivity contribution < 1.29 is 19.1 Å². The van der Waals surface area contributed by atoms with Crippen LogP contribution < -0.4 is 26.1 Å². The van der Waals surface area contributed by atoms with Gasteiger partial charge in [0.05, 0.1) is 19.0 Å². The number of aromatic nitrogens is 2. The van der Waals surface area contributed by atoms with E-state index in [1.807, 2.05) is 29.2 Å². The normalized spacial score (nSPS) is 13.2. The average Bonchev–Trinajstić information content (AvgIpc) is 2.93. The summed E-state index contributed by atoms with van der Waals surface area (Å²) in [6.45, 7) is 5.48. The van der Waals surface area contributed by atoms with Gasteiger partial charge in [-0.15, -0.1) is 0 Å². The van der Waals surface area contributed by atoms with Gasteiger partial charge in [0, 0.05) is 46.2 Å². The van der Waals surface area contributed by atoms with Crippen molar-refractivity contribution in [3.63, 3.8) is 0 Å². The first-order valence-corrected chi connectivity index (χ1v) is 12.7. The maximum Gasteiger partial charge on any atom is 0.285 e. The SMILES string of the molecule is CC(N)=O.COc1ccc(CNc2cn[nH]c(=O)c2Cl)cc1OCC(=O)N1CCN(Cc2ccccc2)CC1. The molecule has 0 saturated carbocycles. The molecule has 1 saturated heterocycles. The first kappa shape index (κ1) is 29.5. The predicted molar refractivity (Wildman–Crippen MR) is 149 cm³/mol. The molecule has 4 rings (SSSR count). The highest BCUT2D eigenvalue weighted by Crippen LogP contribution is 2.29. The van der Waals surface area contributed by atoms with Crippen LogP contribution in [0.25, 0.3) is 0 Å². The van der Waals surface area contributed by atoms with Crippen LogP contribution in [-0.2, 0) is 22.7 Å². The molecule has 208 valence electrons. The number of ether oxygens (including phenoxy) is 2. The van der Waals surface area contributed by atoms with E-state index in [9.17, 15) is 14.4 Å². The van der Waals surface area contributed by atoms with Crippen molar-refractivity contribution in [3.05, 3.63) is 81.2 Å². The number of methoxy groups -OCH3 is 1. The van der Waals surface area contributed by atoms with Gasteiger partial charge in [0.15, 0.2) is 18.1 Å². The molecule has 1 fully saturated rings. The molecule has 4 N–H and O–H groups in total. The number of hydrogen-bond donors (Lipinski definition) is 3. The van der Waals surface area contributed by atoms with Crippen molar-refractivity contribution in [2.45, 2.75) is 20.0 Å². The number of carbonyl (C=O) groups excluding carboxylic acids is 2. The fourth-order valence-electron chi connectivity index (χ4n) is 3.88. The van der Waals surface area contributed by atoms with E-state index in [2.05, 4.69) is 38.3 Å². The zero-order valence-electron chi connectivity index (χ0n) is 22.0. The second kappa shape index (κ2) is 14.7. The van der Waals surface area contributed by atoms with Gasteiger partial charge >= 0.3 is 0 Å². The standard InChI is InChI=1S/C25H28ClN5O4.C2H5NO/c1-34-21-8-7-19(14-27-20-15-28-29-25(33)24(20)26)13-22(21)35-17-23(32)31-11-9-30(10-12-31)16-18-5-3-2-4-6-18;1-2(3)4/h2-8,13,15H,9-12,14,16-17H2,1H3,(H2,27,29,33);1H3,(H2,3,4). The number of primary amides is 1. The van der Waals surface area contributed by atoms with Crippen molar-refractivity contribution in [1.29, 1.82) is 0 Å². The number of piperazine rings is 1. The van der Waals surface area contributed by atoms with Crippen LogP contribution in [-0.4, -0.2) is 71.7 Å². The van der Waals surface area contributed by atoms with Gasteiger partial charge in [0.25, 0.3) is 11.5 Å². The van der Waals surface area contributed by atoms with Crippen LogP contribution in [0.1, 0.15) is 18.1 Å². The maximum atomic E-state index is 12.8. The summed E-state index contributed by atoms with van der Waals surface area (Å²) in [6, 6.07) is 15.8. The highest BCUT2D eigenvalue weighted by atomic mass is 35.5. The number of nitrogens with one attached hydrogen (secondary N) is 2. The van der Waals surface area contributed by atoms with E-state index in [1.165, 1.54) is 18.7 Å². The largest absolute Gasteiger partial charge is 0.493 e. The molecular weight excluding hydrogens is 524 g/mol. The number of benzene rings is 2. The Morgan fingerprint density at radius 2 is 1.77 bits per heavy atom. The molecule has 1 aliphatic rings. The number of hydrogen-bond acceptors (Lipinski definition) is 8. The third-order valence-corrected chi connectivity index (χ3v) is 6.21. The molecule has 0 aliphatic carbocycles. The summed E-state index contributed by atoms with van der Waals surface area (Å²) in [6.07, 6.45) is 1.45. The molecule has 2 aromatic carbocycles. The number of nitrogens with two attached hydrogens (primary N) is 1. The minimum atomic E-state index is -0.463. The molecule has 3 aromatic rings. The first-order valence-electron chi connectivity index (χ1n) is 12.3. The van der Waals surface area contributed by atoms with Gasteiger partial charge in [0.1, 0.15) is 5.02 Å². The van der Waals surface area contributed by atoms with Gasteiger partial charge in [0.2, 0.25) is 5.91 Å². The van der Waals surface area contributed by atoms with Crippen LogP contribution in [0, 0.1) is 0 Å². The smallest absolute Gasteiger partial charge is 0.285 e. The third-order valence-electron chi connectivity index (χ3n) is 5.83. The predicted octanol–water partition coefficient (Wildman–Crippen LogP) is 2.26. The number of anilines is 1. The topological polar surface area (TPSA) is 143 Å². The van der Waals surface area contributed by atoms with E-state index in [1.54, 1.807) is 19.2 Å². The second-order valence-corrected chi connectivity index (χ2v) is 9.19. The number of amides is 2. The van der Waals surface area contributed by atoms with Gasteiger partial charge < -0.3 is 25.4 Å². The van der Waals surface area contributed by atoms with Gasteiger partial charge in [-0.1, -0.05) is 48.0 Å². The summed E-state index contributed by atoms with van der Waals surface area (Å²) in [5.41, 5.74) is 6.57. The minimum Gasteiger partial charge on any atom is -0.493 e. The number of nitrogens with zero attached hydrogens (tertiary/aromatic N) is 3. The highest BCUT2D eigenvalue weighted by molar-refractivity contribution is 6.32. The Labute approximate surface area is 231 Å². The average molecular weight is 557 g/mol. The van der Waals surface area contributed by atoms with E-state index in [0.717, 1.165) is 25.2 Å². The minimum absolute atomic E-state index is 0.0412. The number of carbonyl (C=O) groups is 2. The molecule has 0 bridgehead atoms. The molecule has 11 nitrogen and oxygen atoms in total. The van der Waals surface area contributed by atoms with Crippen LogP contribution in [0.15, 0.2) is 59.5 Å². The lowest BCUT2D eigenvalue weighted by molar-refractivity contribution is -0.135. The summed E-state index contributed by atoms with van der Waals surface area (Å²) in [5, 5.41) is 9.15. The summed E-state index contributed by atoms with van der Waals surface area (Å²) in [5.74, 6) is 0.611. The van der Waals surface area contributed by atoms with Crippen LogP contribution >= 0.6 is 11.6 Å². The van der Waals surface area contributed by atoms with Gasteiger partial charge in [-0.05, 0) is 23.3 Å². The molecule has 1 aromatic heterocycles. The van der Waals surface area contributed by atoms with E-state index < -0.39 is 5.56 Å². The molecule has 0 atom stereocenters. The molecule has 2 amide bonds. The van der Waals surface area contributed by atoms with Crippen LogP contribution in [0.3, 0.4) is 0 Å². The molecule has 12 heteroatoms. The Morgan fingerprint density at radius 3 is 2.44 bits per heavy atom. The van der Waals surface area contributed by atoms with Crippen molar-refractivity contribution in [2.24, 2.45) is 5.73 Å². The summed E-state index contributed by atoms with van der Waals surface area (Å²) in [7, 11) is 1.55. The molecule has 0 radical (unpaired) electrons. The fraction of sp³-hybridized carbons (Fsp3) is 0.333. The van der Waals surface area contributed by atoms with E-state index in [0.29, 0.717) is 36.8 Å². The fourth-order valence-corrected chi connectivity index (χ4v) is 4.03. The Hall–Kier alpha value is -4.09. The highest BCUT2D eigenvalue weighted by Gasteiger charge is 2.22. The second-order valence-electron chi connectivity index (χ2n) is 8.81. The number of rotatable bonds is 9. The monoisotopic (exact) mass is 556 g/mol. The van der Waals surface area contributed by atoms with Gasteiger partial charge in [-0.2, -0.15) is 5.10 Å². The summed E-state index contributed by atoms with van der Waals surface area (Å²) < 4.78 is 11.2. The van der Waals surface area contributed by atoms with Crippen LogP contribution in [0.2, 0.25) is 5.02 Å². The zero-order valence-corrected chi connectivity index (χ0v) is 22.7. The van der Waals surface area contributed by atoms with Crippen molar-refractivity contribution in [2.75, 3.05) is 45.2 Å². The molecule has 39 heavy (non-hydrogen) atoms. The number of halogens is 1. The Balaban J connectivity index is 0.000000983. The van der Waals surface area contributed by atoms with Crippen molar-refractivity contribution >= 4 is 29.1 Å². The molecular formula is C27H33ClN6O5. The van der Waals surface area contributed by atoms with Gasteiger partial charge in [-0.25, -0.2) is 5.10 Å². The quantitative estimate of drug-likeness (QED) is 0.364. The lowest BCUT2D eigenvalue weighted by Crippen LogP contribution is -2.49. The van der Waals surface area contributed by atoms with E-state index in [4.69, 9.17) is 21.1 Å². The summed E-state index contributed by atoms with van der Waals surface area (Å²) in [4.78, 5) is 37.8. The molecule has 0 spiro atoms. The van der Waals surface area contributed by atoms with E-state index in [-0.39, 0.29) is 23.4 Å². The lowest BCUT2D eigenvalue weighted by Gasteiger charge is -2.34. The van der Waals surface area contributed by atoms with Gasteiger partial charge in [-0.3, -0.25) is 19.3 Å².